The number of unbranched alkanes of at least 4 members (excludes halogenated alkanes) is 3. The molecule has 0 aliphatic carbocycles. The van der Waals surface area contributed by atoms with Gasteiger partial charge < -0.3 is 9.84 Å². The molecule has 0 aromatic heterocycles. The predicted molar refractivity (Wildman–Crippen MR) is 58.4 cm³/mol. The first-order valence-corrected chi connectivity index (χ1v) is 6.03. The van der Waals surface area contributed by atoms with Crippen LogP contribution in [0.4, 0.5) is 0 Å². The smallest absolute Gasteiger partial charge is 0.313 e. The molecule has 1 saturated heterocycles. The highest BCUT2D eigenvalue weighted by Crippen LogP contribution is 2.30. The van der Waals surface area contributed by atoms with E-state index < -0.39 is 0 Å². The fourth-order valence-corrected chi connectivity index (χ4v) is 2.04. The first-order chi connectivity index (χ1) is 7.15. The standard InChI is InChI=1S/C12H22O3/c1-3-4-5-6-7-10-11(8-9(2)13)15-12(10)14/h9-11,13H,3-8H2,1-2H3/t9?,10-,11-/m0/s1. The maximum absolute atomic E-state index is 11.2. The van der Waals surface area contributed by atoms with Gasteiger partial charge in [-0.1, -0.05) is 32.6 Å². The highest BCUT2D eigenvalue weighted by atomic mass is 16.6. The van der Waals surface area contributed by atoms with E-state index in [0.717, 1.165) is 12.8 Å². The number of rotatable bonds is 7. The molecule has 1 heterocycles. The largest absolute Gasteiger partial charge is 0.461 e. The number of esters is 1. The summed E-state index contributed by atoms with van der Waals surface area (Å²) in [6.45, 7) is 3.91. The second-order valence-corrected chi connectivity index (χ2v) is 4.52. The summed E-state index contributed by atoms with van der Waals surface area (Å²) >= 11 is 0. The molecule has 3 atom stereocenters. The van der Waals surface area contributed by atoms with Crippen LogP contribution in [0.15, 0.2) is 0 Å². The number of carbonyl (C=O) groups excluding carboxylic acids is 1. The van der Waals surface area contributed by atoms with Crippen molar-refractivity contribution >= 4 is 5.97 Å². The summed E-state index contributed by atoms with van der Waals surface area (Å²) in [4.78, 5) is 11.2. The summed E-state index contributed by atoms with van der Waals surface area (Å²) in [5.74, 6) is -0.0198. The van der Waals surface area contributed by atoms with Crippen LogP contribution in [0.1, 0.15) is 52.4 Å². The Labute approximate surface area is 91.8 Å². The Hall–Kier alpha value is -0.570. The number of carbonyl (C=O) groups is 1. The van der Waals surface area contributed by atoms with Gasteiger partial charge in [0.2, 0.25) is 0 Å². The van der Waals surface area contributed by atoms with E-state index in [9.17, 15) is 9.90 Å². The number of hydrogen-bond acceptors (Lipinski definition) is 3. The van der Waals surface area contributed by atoms with E-state index in [1.165, 1.54) is 19.3 Å². The molecule has 0 saturated carbocycles. The fourth-order valence-electron chi connectivity index (χ4n) is 2.04. The van der Waals surface area contributed by atoms with Crippen molar-refractivity contribution in [1.29, 1.82) is 0 Å². The van der Waals surface area contributed by atoms with Crippen molar-refractivity contribution in [2.45, 2.75) is 64.6 Å². The highest BCUT2D eigenvalue weighted by Gasteiger charge is 2.41. The first kappa shape index (κ1) is 12.5. The highest BCUT2D eigenvalue weighted by molar-refractivity contribution is 5.78. The van der Waals surface area contributed by atoms with Crippen LogP contribution in [0, 0.1) is 5.92 Å². The van der Waals surface area contributed by atoms with Crippen LogP contribution in [0.2, 0.25) is 0 Å². The molecule has 0 spiro atoms. The third-order valence-electron chi connectivity index (χ3n) is 2.96. The van der Waals surface area contributed by atoms with Crippen molar-refractivity contribution in [1.82, 2.24) is 0 Å². The third kappa shape index (κ3) is 3.82. The number of aliphatic hydroxyl groups is 1. The fraction of sp³-hybridized carbons (Fsp3) is 0.917. The van der Waals surface area contributed by atoms with Gasteiger partial charge in [0.25, 0.3) is 0 Å². The van der Waals surface area contributed by atoms with Gasteiger partial charge in [0.05, 0.1) is 12.0 Å². The zero-order valence-electron chi connectivity index (χ0n) is 9.74. The molecule has 1 rings (SSSR count). The van der Waals surface area contributed by atoms with E-state index in [2.05, 4.69) is 6.92 Å². The van der Waals surface area contributed by atoms with E-state index in [1.54, 1.807) is 6.92 Å². The van der Waals surface area contributed by atoms with Gasteiger partial charge in [-0.15, -0.1) is 0 Å². The maximum Gasteiger partial charge on any atom is 0.313 e. The number of hydrogen-bond donors (Lipinski definition) is 1. The average Bonchev–Trinajstić information content (AvgIpc) is 2.16. The minimum absolute atomic E-state index is 0.0286. The monoisotopic (exact) mass is 214 g/mol. The lowest BCUT2D eigenvalue weighted by Crippen LogP contribution is -2.46. The summed E-state index contributed by atoms with van der Waals surface area (Å²) in [5, 5.41) is 9.21. The molecule has 1 aliphatic heterocycles. The van der Waals surface area contributed by atoms with Crippen molar-refractivity contribution < 1.29 is 14.6 Å². The molecule has 1 N–H and O–H groups in total. The zero-order valence-corrected chi connectivity index (χ0v) is 9.74. The minimum Gasteiger partial charge on any atom is -0.461 e. The first-order valence-electron chi connectivity index (χ1n) is 6.03. The molecular weight excluding hydrogens is 192 g/mol. The van der Waals surface area contributed by atoms with Gasteiger partial charge in [-0.25, -0.2) is 0 Å². The summed E-state index contributed by atoms with van der Waals surface area (Å²) in [7, 11) is 0. The molecule has 0 radical (unpaired) electrons. The minimum atomic E-state index is -0.374. The zero-order chi connectivity index (χ0) is 11.3. The van der Waals surface area contributed by atoms with Crippen molar-refractivity contribution in [2.24, 2.45) is 5.92 Å². The normalized spacial score (nSPS) is 27.0. The molecule has 0 aromatic carbocycles. The van der Waals surface area contributed by atoms with Crippen molar-refractivity contribution in [3.05, 3.63) is 0 Å². The van der Waals surface area contributed by atoms with Crippen LogP contribution in [-0.2, 0) is 9.53 Å². The van der Waals surface area contributed by atoms with Gasteiger partial charge in [-0.3, -0.25) is 4.79 Å². The number of cyclic esters (lactones) is 1. The molecule has 1 aliphatic rings. The van der Waals surface area contributed by atoms with E-state index in [1.807, 2.05) is 0 Å². The molecule has 3 heteroatoms. The van der Waals surface area contributed by atoms with E-state index in [4.69, 9.17) is 4.74 Å². The Balaban J connectivity index is 2.17. The average molecular weight is 214 g/mol. The van der Waals surface area contributed by atoms with Crippen molar-refractivity contribution in [3.8, 4) is 0 Å². The lowest BCUT2D eigenvalue weighted by Gasteiger charge is -2.35. The molecule has 0 bridgehead atoms. The predicted octanol–water partition coefficient (Wildman–Crippen LogP) is 2.27. The van der Waals surface area contributed by atoms with Gasteiger partial charge in [0.1, 0.15) is 6.10 Å². The van der Waals surface area contributed by atoms with Gasteiger partial charge >= 0.3 is 5.97 Å². The van der Waals surface area contributed by atoms with Gasteiger partial charge in [0, 0.05) is 6.42 Å². The Bertz CT molecular complexity index is 201. The molecular formula is C12H22O3. The molecule has 15 heavy (non-hydrogen) atoms. The SMILES string of the molecule is CCCCCC[C@@H]1C(=O)O[C@H]1CC(C)O. The van der Waals surface area contributed by atoms with Gasteiger partial charge in [-0.05, 0) is 13.3 Å². The second-order valence-electron chi connectivity index (χ2n) is 4.52. The topological polar surface area (TPSA) is 46.5 Å². The second kappa shape index (κ2) is 6.11. The van der Waals surface area contributed by atoms with Crippen molar-refractivity contribution in [3.63, 3.8) is 0 Å². The molecule has 88 valence electrons. The Morgan fingerprint density at radius 2 is 2.13 bits per heavy atom. The summed E-state index contributed by atoms with van der Waals surface area (Å²) in [5.41, 5.74) is 0. The molecule has 1 unspecified atom stereocenters. The van der Waals surface area contributed by atoms with E-state index in [-0.39, 0.29) is 24.1 Å². The van der Waals surface area contributed by atoms with Crippen LogP contribution < -0.4 is 0 Å². The molecule has 3 nitrogen and oxygen atoms in total. The van der Waals surface area contributed by atoms with Crippen molar-refractivity contribution in [2.75, 3.05) is 0 Å². The van der Waals surface area contributed by atoms with Crippen LogP contribution in [0.25, 0.3) is 0 Å². The van der Waals surface area contributed by atoms with E-state index >= 15 is 0 Å². The molecule has 1 fully saturated rings. The molecule has 0 amide bonds. The Morgan fingerprint density at radius 1 is 1.40 bits per heavy atom. The summed E-state index contributed by atoms with van der Waals surface area (Å²) in [6.07, 6.45) is 5.86. The lowest BCUT2D eigenvalue weighted by atomic mass is 9.88. The van der Waals surface area contributed by atoms with Crippen LogP contribution in [0.5, 0.6) is 0 Å². The Kier molecular flexibility index (Phi) is 5.09. The lowest BCUT2D eigenvalue weighted by molar-refractivity contribution is -0.188. The van der Waals surface area contributed by atoms with Crippen LogP contribution in [0.3, 0.4) is 0 Å². The summed E-state index contributed by atoms with van der Waals surface area (Å²) in [6, 6.07) is 0. The number of ether oxygens (including phenoxy) is 1. The third-order valence-corrected chi connectivity index (χ3v) is 2.96. The van der Waals surface area contributed by atoms with Gasteiger partial charge in [0.15, 0.2) is 0 Å². The van der Waals surface area contributed by atoms with Gasteiger partial charge in [-0.2, -0.15) is 0 Å². The Morgan fingerprint density at radius 3 is 2.67 bits per heavy atom. The summed E-state index contributed by atoms with van der Waals surface area (Å²) < 4.78 is 5.02. The maximum atomic E-state index is 11.2. The molecule has 0 aromatic rings. The quantitative estimate of drug-likeness (QED) is 0.522. The van der Waals surface area contributed by atoms with E-state index in [0.29, 0.717) is 6.42 Å². The van der Waals surface area contributed by atoms with Crippen LogP contribution >= 0.6 is 0 Å². The van der Waals surface area contributed by atoms with Crippen LogP contribution in [-0.4, -0.2) is 23.3 Å². The number of aliphatic hydroxyl groups excluding tert-OH is 1.